The quantitative estimate of drug-likeness (QED) is 0.703. The number of benzene rings is 1. The summed E-state index contributed by atoms with van der Waals surface area (Å²) in [5, 5.41) is 0.286. The summed E-state index contributed by atoms with van der Waals surface area (Å²) < 4.78 is 29.7. The Kier molecular flexibility index (Phi) is 6.45. The van der Waals surface area contributed by atoms with Crippen LogP contribution in [-0.2, 0) is 16.6 Å². The molecular formula is C24H33N3O4S. The fourth-order valence-electron chi connectivity index (χ4n) is 5.20. The molecule has 32 heavy (non-hydrogen) atoms. The average molecular weight is 460 g/mol. The minimum Gasteiger partial charge on any atom is -0.347 e. The molecule has 1 amide bonds. The molecule has 0 radical (unpaired) electrons. The first-order chi connectivity index (χ1) is 15.2. The topological polar surface area (TPSA) is 79.7 Å². The van der Waals surface area contributed by atoms with E-state index < -0.39 is 15.5 Å². The summed E-state index contributed by atoms with van der Waals surface area (Å²) in [5.41, 5.74) is 0.372. The second-order valence-corrected chi connectivity index (χ2v) is 11.4. The highest BCUT2D eigenvalue weighted by Crippen LogP contribution is 2.25. The van der Waals surface area contributed by atoms with Crippen LogP contribution in [0.2, 0.25) is 0 Å². The van der Waals surface area contributed by atoms with E-state index in [2.05, 4.69) is 13.8 Å². The number of carbonyl (C=O) groups excluding carboxylic acids is 1. The number of carbonyl (C=O) groups is 1. The van der Waals surface area contributed by atoms with Gasteiger partial charge in [-0.3, -0.25) is 9.59 Å². The van der Waals surface area contributed by atoms with E-state index in [-0.39, 0.29) is 21.8 Å². The van der Waals surface area contributed by atoms with Gasteiger partial charge < -0.3 is 9.47 Å². The summed E-state index contributed by atoms with van der Waals surface area (Å²) in [6.45, 7) is 9.04. The second kappa shape index (κ2) is 8.98. The lowest BCUT2D eigenvalue weighted by atomic mass is 9.91. The summed E-state index contributed by atoms with van der Waals surface area (Å²) >= 11 is 0. The number of nitrogens with zero attached hydrogens (tertiary/aromatic N) is 3. The molecule has 2 aromatic rings. The molecule has 2 atom stereocenters. The van der Waals surface area contributed by atoms with Crippen molar-refractivity contribution in [2.24, 2.45) is 11.8 Å². The number of pyridine rings is 1. The van der Waals surface area contributed by atoms with Crippen molar-refractivity contribution in [3.63, 3.8) is 0 Å². The molecule has 0 bridgehead atoms. The molecular weight excluding hydrogens is 426 g/mol. The molecule has 0 N–H and O–H groups in total. The van der Waals surface area contributed by atoms with Crippen molar-refractivity contribution < 1.29 is 13.2 Å². The predicted molar refractivity (Wildman–Crippen MR) is 125 cm³/mol. The predicted octanol–water partition coefficient (Wildman–Crippen LogP) is 3.31. The zero-order valence-corrected chi connectivity index (χ0v) is 20.0. The van der Waals surface area contributed by atoms with Gasteiger partial charge in [0.25, 0.3) is 5.91 Å². The first-order valence-electron chi connectivity index (χ1n) is 11.7. The molecule has 7 nitrogen and oxygen atoms in total. The van der Waals surface area contributed by atoms with Crippen LogP contribution in [0.4, 0.5) is 0 Å². The van der Waals surface area contributed by atoms with E-state index in [1.165, 1.54) is 10.4 Å². The smallest absolute Gasteiger partial charge is 0.259 e. The van der Waals surface area contributed by atoms with E-state index in [1.54, 1.807) is 23.2 Å². The highest BCUT2D eigenvalue weighted by molar-refractivity contribution is 7.89. The number of hydrogen-bond donors (Lipinski definition) is 0. The number of amides is 1. The lowest BCUT2D eigenvalue weighted by Gasteiger charge is -2.35. The van der Waals surface area contributed by atoms with Gasteiger partial charge in [-0.1, -0.05) is 20.3 Å². The van der Waals surface area contributed by atoms with Crippen molar-refractivity contribution >= 4 is 26.8 Å². The van der Waals surface area contributed by atoms with Crippen LogP contribution in [-0.4, -0.2) is 54.3 Å². The summed E-state index contributed by atoms with van der Waals surface area (Å²) in [5.74, 6) is 0.512. The van der Waals surface area contributed by atoms with E-state index in [4.69, 9.17) is 0 Å². The van der Waals surface area contributed by atoms with Crippen molar-refractivity contribution in [2.75, 3.05) is 26.2 Å². The summed E-state index contributed by atoms with van der Waals surface area (Å²) in [7, 11) is -3.67. The molecule has 2 saturated heterocycles. The zero-order chi connectivity index (χ0) is 23.0. The number of sulfonamides is 1. The van der Waals surface area contributed by atoms with E-state index in [0.29, 0.717) is 50.1 Å². The maximum atomic E-state index is 13.4. The molecule has 0 spiro atoms. The molecule has 2 aliphatic heterocycles. The van der Waals surface area contributed by atoms with Gasteiger partial charge in [0.2, 0.25) is 15.5 Å². The van der Waals surface area contributed by atoms with Crippen LogP contribution in [0.5, 0.6) is 0 Å². The Morgan fingerprint density at radius 2 is 1.72 bits per heavy atom. The third kappa shape index (κ3) is 4.22. The molecule has 0 unspecified atom stereocenters. The van der Waals surface area contributed by atoms with Gasteiger partial charge in [-0.15, -0.1) is 0 Å². The highest BCUT2D eigenvalue weighted by atomic mass is 32.2. The Labute approximate surface area is 190 Å². The molecule has 1 aromatic carbocycles. The zero-order valence-electron chi connectivity index (χ0n) is 19.2. The van der Waals surface area contributed by atoms with Gasteiger partial charge in [0.05, 0.1) is 10.4 Å². The molecule has 4 rings (SSSR count). The van der Waals surface area contributed by atoms with Gasteiger partial charge in [0, 0.05) is 44.3 Å². The fourth-order valence-corrected chi connectivity index (χ4v) is 6.75. The number of likely N-dealkylation sites (tertiary alicyclic amines) is 1. The van der Waals surface area contributed by atoms with Crippen molar-refractivity contribution in [2.45, 2.75) is 57.9 Å². The van der Waals surface area contributed by atoms with Crippen molar-refractivity contribution in [3.05, 3.63) is 40.2 Å². The first-order valence-corrected chi connectivity index (χ1v) is 13.1. The number of fused-ring (bicyclic) bond motifs is 1. The Bertz CT molecular complexity index is 1170. The van der Waals surface area contributed by atoms with E-state index >= 15 is 0 Å². The fraction of sp³-hybridized carbons (Fsp3) is 0.583. The van der Waals surface area contributed by atoms with Crippen LogP contribution in [0.25, 0.3) is 10.9 Å². The summed E-state index contributed by atoms with van der Waals surface area (Å²) in [6, 6.07) is 4.73. The molecule has 8 heteroatoms. The number of piperidine rings is 2. The highest BCUT2D eigenvalue weighted by Gasteiger charge is 2.30. The molecule has 0 aliphatic carbocycles. The Balaban J connectivity index is 1.79. The van der Waals surface area contributed by atoms with E-state index in [9.17, 15) is 18.0 Å². The normalized spacial score (nSPS) is 22.9. The Morgan fingerprint density at radius 1 is 1.06 bits per heavy atom. The van der Waals surface area contributed by atoms with E-state index in [0.717, 1.165) is 25.7 Å². The van der Waals surface area contributed by atoms with Gasteiger partial charge in [-0.05, 0) is 56.2 Å². The van der Waals surface area contributed by atoms with Crippen LogP contribution in [0.1, 0.15) is 56.8 Å². The van der Waals surface area contributed by atoms with Crippen LogP contribution >= 0.6 is 0 Å². The first kappa shape index (κ1) is 23.0. The lowest BCUT2D eigenvalue weighted by Crippen LogP contribution is -2.44. The molecule has 3 heterocycles. The number of aryl methyl sites for hydroxylation is 1. The van der Waals surface area contributed by atoms with E-state index in [1.807, 2.05) is 11.5 Å². The van der Waals surface area contributed by atoms with Gasteiger partial charge >= 0.3 is 0 Å². The number of rotatable bonds is 4. The third-order valence-electron chi connectivity index (χ3n) is 6.73. The van der Waals surface area contributed by atoms with Gasteiger partial charge in [0.15, 0.2) is 0 Å². The molecule has 0 saturated carbocycles. The number of hydrogen-bond acceptors (Lipinski definition) is 4. The molecule has 2 aliphatic rings. The maximum absolute atomic E-state index is 13.4. The lowest BCUT2D eigenvalue weighted by molar-refractivity contribution is 0.0621. The largest absolute Gasteiger partial charge is 0.347 e. The maximum Gasteiger partial charge on any atom is 0.259 e. The van der Waals surface area contributed by atoms with Crippen molar-refractivity contribution in [1.82, 2.24) is 13.8 Å². The molecule has 174 valence electrons. The Hall–Kier alpha value is -2.19. The molecule has 1 aromatic heterocycles. The van der Waals surface area contributed by atoms with Crippen molar-refractivity contribution in [3.8, 4) is 0 Å². The van der Waals surface area contributed by atoms with Gasteiger partial charge in [0.1, 0.15) is 5.56 Å². The monoisotopic (exact) mass is 459 g/mol. The Morgan fingerprint density at radius 3 is 2.34 bits per heavy atom. The van der Waals surface area contributed by atoms with Gasteiger partial charge in [-0.25, -0.2) is 8.42 Å². The van der Waals surface area contributed by atoms with Crippen molar-refractivity contribution in [1.29, 1.82) is 0 Å². The van der Waals surface area contributed by atoms with Crippen LogP contribution < -0.4 is 5.43 Å². The average Bonchev–Trinajstić information content (AvgIpc) is 2.78. The van der Waals surface area contributed by atoms with Crippen LogP contribution in [0.3, 0.4) is 0 Å². The number of aromatic nitrogens is 1. The van der Waals surface area contributed by atoms with Crippen LogP contribution in [0.15, 0.2) is 34.1 Å². The minimum atomic E-state index is -3.67. The van der Waals surface area contributed by atoms with Crippen LogP contribution in [0, 0.1) is 11.8 Å². The summed E-state index contributed by atoms with van der Waals surface area (Å²) in [4.78, 5) is 28.7. The second-order valence-electron chi connectivity index (χ2n) is 9.46. The standard InChI is InChI=1S/C24H33N3O4S/c1-4-25-16-21(24(29)26-14-17(2)12-18(3)15-26)23(28)20-13-19(8-9-22(20)25)32(30,31)27-10-6-5-7-11-27/h8-9,13,16-18H,4-7,10-12,14-15H2,1-3H3/t17-,18+. The third-order valence-corrected chi connectivity index (χ3v) is 8.63. The minimum absolute atomic E-state index is 0.119. The molecule has 2 fully saturated rings. The summed E-state index contributed by atoms with van der Waals surface area (Å²) in [6.07, 6.45) is 5.43. The van der Waals surface area contributed by atoms with Gasteiger partial charge in [-0.2, -0.15) is 4.31 Å². The SMILES string of the molecule is CCn1cc(C(=O)N2C[C@H](C)C[C@H](C)C2)c(=O)c2cc(S(=O)(=O)N3CCCCC3)ccc21.